The number of piperidine rings is 1. The monoisotopic (exact) mass is 397 g/mol. The summed E-state index contributed by atoms with van der Waals surface area (Å²) in [6.07, 6.45) is 4.20. The Kier molecular flexibility index (Phi) is 5.90. The highest BCUT2D eigenvalue weighted by atomic mass is 16.5. The predicted molar refractivity (Wildman–Crippen MR) is 112 cm³/mol. The Labute approximate surface area is 172 Å². The Balaban J connectivity index is 1.37. The summed E-state index contributed by atoms with van der Waals surface area (Å²) in [5, 5.41) is 0. The molecule has 2 aromatic rings. The number of hydrogen-bond acceptors (Lipinski definition) is 5. The van der Waals surface area contributed by atoms with E-state index in [1.165, 1.54) is 0 Å². The lowest BCUT2D eigenvalue weighted by molar-refractivity contribution is -0.136. The molecule has 1 aromatic heterocycles. The SMILES string of the molecule is COc1ccc(-c2nc(CN3CCC(C(=O)N4CCCC4)CC3)c(C)o2)cc1C. The zero-order valence-corrected chi connectivity index (χ0v) is 17.7. The maximum absolute atomic E-state index is 12.6. The molecular formula is C23H31N3O3. The summed E-state index contributed by atoms with van der Waals surface area (Å²) in [5.41, 5.74) is 3.01. The van der Waals surface area contributed by atoms with E-state index in [-0.39, 0.29) is 5.92 Å². The van der Waals surface area contributed by atoms with Gasteiger partial charge in [-0.1, -0.05) is 0 Å². The second-order valence-corrected chi connectivity index (χ2v) is 8.29. The third-order valence-corrected chi connectivity index (χ3v) is 6.26. The van der Waals surface area contributed by atoms with E-state index < -0.39 is 0 Å². The van der Waals surface area contributed by atoms with Crippen LogP contribution in [0.15, 0.2) is 22.6 Å². The Morgan fingerprint density at radius 3 is 2.55 bits per heavy atom. The van der Waals surface area contributed by atoms with Gasteiger partial charge in [0.2, 0.25) is 11.8 Å². The molecule has 0 atom stereocenters. The normalized spacial score (nSPS) is 18.4. The number of amides is 1. The van der Waals surface area contributed by atoms with Crippen LogP contribution in [0.2, 0.25) is 0 Å². The minimum absolute atomic E-state index is 0.195. The number of carbonyl (C=O) groups is 1. The number of aryl methyl sites for hydroxylation is 2. The van der Waals surface area contributed by atoms with Crippen LogP contribution in [0, 0.1) is 19.8 Å². The van der Waals surface area contributed by atoms with Gasteiger partial charge in [0.05, 0.1) is 12.8 Å². The average molecular weight is 398 g/mol. The minimum atomic E-state index is 0.195. The predicted octanol–water partition coefficient (Wildman–Crippen LogP) is 3.80. The van der Waals surface area contributed by atoms with Gasteiger partial charge in [-0.2, -0.15) is 0 Å². The molecule has 156 valence electrons. The van der Waals surface area contributed by atoms with Crippen molar-refractivity contribution in [2.24, 2.45) is 5.92 Å². The van der Waals surface area contributed by atoms with Crippen molar-refractivity contribution < 1.29 is 13.9 Å². The smallest absolute Gasteiger partial charge is 0.226 e. The van der Waals surface area contributed by atoms with Crippen molar-refractivity contribution in [3.63, 3.8) is 0 Å². The highest BCUT2D eigenvalue weighted by molar-refractivity contribution is 5.79. The van der Waals surface area contributed by atoms with Gasteiger partial charge in [0.15, 0.2) is 0 Å². The summed E-state index contributed by atoms with van der Waals surface area (Å²) in [5.74, 6) is 2.95. The first kappa shape index (κ1) is 20.0. The largest absolute Gasteiger partial charge is 0.496 e. The maximum atomic E-state index is 12.6. The number of oxazole rings is 1. The van der Waals surface area contributed by atoms with Crippen molar-refractivity contribution in [1.82, 2.24) is 14.8 Å². The van der Waals surface area contributed by atoms with Gasteiger partial charge < -0.3 is 14.1 Å². The summed E-state index contributed by atoms with van der Waals surface area (Å²) in [7, 11) is 1.68. The van der Waals surface area contributed by atoms with E-state index in [0.717, 1.165) is 86.7 Å². The summed E-state index contributed by atoms with van der Waals surface area (Å²) in [4.78, 5) is 21.8. The molecule has 2 aliphatic heterocycles. The van der Waals surface area contributed by atoms with Gasteiger partial charge in [-0.25, -0.2) is 4.98 Å². The van der Waals surface area contributed by atoms with E-state index >= 15 is 0 Å². The zero-order chi connectivity index (χ0) is 20.4. The fraction of sp³-hybridized carbons (Fsp3) is 0.565. The lowest BCUT2D eigenvalue weighted by Gasteiger charge is -2.32. The molecule has 0 aliphatic carbocycles. The number of likely N-dealkylation sites (tertiary alicyclic amines) is 2. The van der Waals surface area contributed by atoms with Crippen LogP contribution in [0.25, 0.3) is 11.5 Å². The van der Waals surface area contributed by atoms with Gasteiger partial charge in [-0.15, -0.1) is 0 Å². The molecular weight excluding hydrogens is 366 g/mol. The van der Waals surface area contributed by atoms with Gasteiger partial charge in [0.1, 0.15) is 11.5 Å². The van der Waals surface area contributed by atoms with E-state index in [2.05, 4.69) is 9.80 Å². The Morgan fingerprint density at radius 2 is 1.90 bits per heavy atom. The number of nitrogens with zero attached hydrogens (tertiary/aromatic N) is 3. The molecule has 3 heterocycles. The molecule has 29 heavy (non-hydrogen) atoms. The lowest BCUT2D eigenvalue weighted by atomic mass is 9.95. The summed E-state index contributed by atoms with van der Waals surface area (Å²) in [6.45, 7) is 8.55. The Hall–Kier alpha value is -2.34. The van der Waals surface area contributed by atoms with E-state index in [1.807, 2.05) is 32.0 Å². The first-order valence-corrected chi connectivity index (χ1v) is 10.7. The molecule has 1 aromatic carbocycles. The first-order chi connectivity index (χ1) is 14.0. The molecule has 0 spiro atoms. The quantitative estimate of drug-likeness (QED) is 0.768. The van der Waals surface area contributed by atoms with Gasteiger partial charge >= 0.3 is 0 Å². The van der Waals surface area contributed by atoms with Gasteiger partial charge in [-0.05, 0) is 76.4 Å². The van der Waals surface area contributed by atoms with Gasteiger partial charge in [0, 0.05) is 31.1 Å². The standard InChI is InChI=1S/C23H31N3O3/c1-16-14-19(6-7-21(16)28-3)22-24-20(17(2)29-22)15-25-12-8-18(9-13-25)23(27)26-10-4-5-11-26/h6-7,14,18H,4-5,8-13,15H2,1-3H3. The van der Waals surface area contributed by atoms with Crippen LogP contribution in [0.3, 0.4) is 0 Å². The molecule has 6 heteroatoms. The number of hydrogen-bond donors (Lipinski definition) is 0. The molecule has 2 fully saturated rings. The summed E-state index contributed by atoms with van der Waals surface area (Å²) in [6, 6.07) is 5.98. The maximum Gasteiger partial charge on any atom is 0.226 e. The van der Waals surface area contributed by atoms with E-state index in [4.69, 9.17) is 14.1 Å². The number of rotatable bonds is 5. The van der Waals surface area contributed by atoms with Gasteiger partial charge in [0.25, 0.3) is 0 Å². The van der Waals surface area contributed by atoms with Crippen LogP contribution in [0.1, 0.15) is 42.7 Å². The third-order valence-electron chi connectivity index (χ3n) is 6.26. The number of benzene rings is 1. The molecule has 0 radical (unpaired) electrons. The second-order valence-electron chi connectivity index (χ2n) is 8.29. The number of methoxy groups -OCH3 is 1. The Morgan fingerprint density at radius 1 is 1.17 bits per heavy atom. The van der Waals surface area contributed by atoms with Crippen molar-refractivity contribution in [2.45, 2.75) is 46.1 Å². The molecule has 2 saturated heterocycles. The number of aromatic nitrogens is 1. The highest BCUT2D eigenvalue weighted by Crippen LogP contribution is 2.28. The van der Waals surface area contributed by atoms with Crippen molar-refractivity contribution in [3.8, 4) is 17.2 Å². The van der Waals surface area contributed by atoms with E-state index in [9.17, 15) is 4.79 Å². The van der Waals surface area contributed by atoms with Crippen LogP contribution in [-0.2, 0) is 11.3 Å². The zero-order valence-electron chi connectivity index (χ0n) is 17.7. The molecule has 2 aliphatic rings. The minimum Gasteiger partial charge on any atom is -0.496 e. The van der Waals surface area contributed by atoms with Crippen molar-refractivity contribution in [1.29, 1.82) is 0 Å². The summed E-state index contributed by atoms with van der Waals surface area (Å²) >= 11 is 0. The van der Waals surface area contributed by atoms with Crippen LogP contribution in [0.5, 0.6) is 5.75 Å². The van der Waals surface area contributed by atoms with Gasteiger partial charge in [-0.3, -0.25) is 9.69 Å². The molecule has 0 saturated carbocycles. The van der Waals surface area contributed by atoms with Crippen molar-refractivity contribution in [3.05, 3.63) is 35.2 Å². The molecule has 6 nitrogen and oxygen atoms in total. The lowest BCUT2D eigenvalue weighted by Crippen LogP contribution is -2.41. The summed E-state index contributed by atoms with van der Waals surface area (Å²) < 4.78 is 11.3. The average Bonchev–Trinajstić information content (AvgIpc) is 3.39. The highest BCUT2D eigenvalue weighted by Gasteiger charge is 2.30. The third kappa shape index (κ3) is 4.32. The van der Waals surface area contributed by atoms with Crippen LogP contribution < -0.4 is 4.74 Å². The molecule has 0 unspecified atom stereocenters. The van der Waals surface area contributed by atoms with Crippen molar-refractivity contribution in [2.75, 3.05) is 33.3 Å². The molecule has 0 bridgehead atoms. The topological polar surface area (TPSA) is 58.8 Å². The van der Waals surface area contributed by atoms with Crippen LogP contribution in [0.4, 0.5) is 0 Å². The first-order valence-electron chi connectivity index (χ1n) is 10.7. The Bertz CT molecular complexity index is 862. The fourth-order valence-electron chi connectivity index (χ4n) is 4.46. The van der Waals surface area contributed by atoms with E-state index in [0.29, 0.717) is 11.8 Å². The van der Waals surface area contributed by atoms with Crippen LogP contribution >= 0.6 is 0 Å². The second kappa shape index (κ2) is 8.57. The molecule has 4 rings (SSSR count). The fourth-order valence-corrected chi connectivity index (χ4v) is 4.46. The molecule has 0 N–H and O–H groups in total. The number of ether oxygens (including phenoxy) is 1. The van der Waals surface area contributed by atoms with E-state index in [1.54, 1.807) is 7.11 Å². The number of carbonyl (C=O) groups excluding carboxylic acids is 1. The molecule has 1 amide bonds. The van der Waals surface area contributed by atoms with Crippen LogP contribution in [-0.4, -0.2) is 54.0 Å². The van der Waals surface area contributed by atoms with Crippen molar-refractivity contribution >= 4 is 5.91 Å².